The van der Waals surface area contributed by atoms with E-state index >= 15 is 0 Å². The highest BCUT2D eigenvalue weighted by Gasteiger charge is 2.68. The van der Waals surface area contributed by atoms with Crippen molar-refractivity contribution in [2.45, 2.75) is 46.5 Å². The molecule has 31 heavy (non-hydrogen) atoms. The quantitative estimate of drug-likeness (QED) is 0.705. The number of rotatable bonds is 5. The minimum atomic E-state index is -0.566. The third kappa shape index (κ3) is 3.78. The molecular formula is C22H28N4O3S2. The number of likely N-dealkylation sites (tertiary alicyclic amines) is 1. The van der Waals surface area contributed by atoms with Gasteiger partial charge in [-0.1, -0.05) is 27.7 Å². The van der Waals surface area contributed by atoms with Crippen molar-refractivity contribution in [3.05, 3.63) is 32.4 Å². The molecule has 0 unspecified atom stereocenters. The van der Waals surface area contributed by atoms with Crippen molar-refractivity contribution in [3.63, 3.8) is 0 Å². The van der Waals surface area contributed by atoms with Gasteiger partial charge in [-0.25, -0.2) is 4.98 Å². The van der Waals surface area contributed by atoms with Crippen LogP contribution in [0.5, 0.6) is 0 Å². The Bertz CT molecular complexity index is 1020. The summed E-state index contributed by atoms with van der Waals surface area (Å²) in [6, 6.07) is 1.66. The summed E-state index contributed by atoms with van der Waals surface area (Å²) in [7, 11) is 0. The number of primary amides is 1. The van der Waals surface area contributed by atoms with E-state index in [1.807, 2.05) is 4.90 Å². The van der Waals surface area contributed by atoms with E-state index in [0.29, 0.717) is 16.3 Å². The first-order chi connectivity index (χ1) is 14.5. The molecule has 3 amide bonds. The van der Waals surface area contributed by atoms with Crippen LogP contribution in [-0.4, -0.2) is 40.7 Å². The molecule has 1 aliphatic carbocycles. The first-order valence-electron chi connectivity index (χ1n) is 10.5. The Kier molecular flexibility index (Phi) is 5.46. The highest BCUT2D eigenvalue weighted by atomic mass is 32.1. The highest BCUT2D eigenvalue weighted by Crippen LogP contribution is 2.68. The summed E-state index contributed by atoms with van der Waals surface area (Å²) in [4.78, 5) is 43.9. The topological polar surface area (TPSA) is 105 Å². The van der Waals surface area contributed by atoms with E-state index in [1.54, 1.807) is 16.8 Å². The van der Waals surface area contributed by atoms with Crippen LogP contribution in [0.1, 0.15) is 71.6 Å². The van der Waals surface area contributed by atoms with Gasteiger partial charge in [0.05, 0.1) is 10.7 Å². The van der Waals surface area contributed by atoms with Gasteiger partial charge in [-0.05, 0) is 35.1 Å². The SMILES string of the molecule is CC1(C)C(C(=O)N2CCC(c3nc(C(=O)Nc4ccsc4C(N)=O)cs3)CC2)C1(C)C. The molecule has 0 aromatic carbocycles. The lowest BCUT2D eigenvalue weighted by Gasteiger charge is -2.31. The van der Waals surface area contributed by atoms with E-state index in [1.165, 1.54) is 22.7 Å². The van der Waals surface area contributed by atoms with Crippen LogP contribution in [-0.2, 0) is 4.79 Å². The summed E-state index contributed by atoms with van der Waals surface area (Å²) in [6.45, 7) is 10.1. The first kappa shape index (κ1) is 22.0. The summed E-state index contributed by atoms with van der Waals surface area (Å²) in [5.41, 5.74) is 6.19. The number of nitrogens with two attached hydrogens (primary N) is 1. The second kappa shape index (κ2) is 7.70. The monoisotopic (exact) mass is 460 g/mol. The van der Waals surface area contributed by atoms with Crippen LogP contribution in [0.25, 0.3) is 0 Å². The fourth-order valence-corrected chi connectivity index (χ4v) is 6.38. The zero-order valence-corrected chi connectivity index (χ0v) is 19.9. The van der Waals surface area contributed by atoms with E-state index in [2.05, 4.69) is 38.0 Å². The van der Waals surface area contributed by atoms with E-state index < -0.39 is 5.91 Å². The second-order valence-corrected chi connectivity index (χ2v) is 11.3. The van der Waals surface area contributed by atoms with Crippen LogP contribution in [0.3, 0.4) is 0 Å². The van der Waals surface area contributed by atoms with Crippen LogP contribution in [0.2, 0.25) is 0 Å². The van der Waals surface area contributed by atoms with Gasteiger partial charge in [0.2, 0.25) is 5.91 Å². The number of thiophene rings is 1. The van der Waals surface area contributed by atoms with Gasteiger partial charge in [-0.3, -0.25) is 14.4 Å². The summed E-state index contributed by atoms with van der Waals surface area (Å²) in [6.07, 6.45) is 1.70. The Balaban J connectivity index is 1.35. The zero-order valence-electron chi connectivity index (χ0n) is 18.2. The van der Waals surface area contributed by atoms with Crippen molar-refractivity contribution in [2.24, 2.45) is 22.5 Å². The molecule has 3 heterocycles. The van der Waals surface area contributed by atoms with Crippen molar-refractivity contribution in [1.82, 2.24) is 9.88 Å². The standard InChI is InChI=1S/C22H28N4O3S2/c1-21(2)16(22(21,3)4)20(29)26-8-5-12(6-9-26)19-25-14(11-31-19)18(28)24-13-7-10-30-15(13)17(23)27/h7,10-12,16H,5-6,8-9H2,1-4H3,(H2,23,27)(H,24,28). The molecule has 0 bridgehead atoms. The number of carbonyl (C=O) groups is 3. The molecule has 0 atom stereocenters. The number of anilines is 1. The van der Waals surface area contributed by atoms with Crippen molar-refractivity contribution in [1.29, 1.82) is 0 Å². The molecule has 1 aliphatic heterocycles. The lowest BCUT2D eigenvalue weighted by molar-refractivity contribution is -0.134. The van der Waals surface area contributed by atoms with Gasteiger partial charge >= 0.3 is 0 Å². The molecule has 166 valence electrons. The predicted molar refractivity (Wildman–Crippen MR) is 123 cm³/mol. The van der Waals surface area contributed by atoms with Gasteiger partial charge in [0.1, 0.15) is 10.6 Å². The third-order valence-electron chi connectivity index (χ3n) is 7.32. The average molecular weight is 461 g/mol. The Morgan fingerprint density at radius 2 is 1.77 bits per heavy atom. The predicted octanol–water partition coefficient (Wildman–Crippen LogP) is 3.94. The fraction of sp³-hybridized carbons (Fsp3) is 0.545. The van der Waals surface area contributed by atoms with Gasteiger partial charge in [-0.2, -0.15) is 0 Å². The van der Waals surface area contributed by atoms with Crippen LogP contribution < -0.4 is 11.1 Å². The maximum Gasteiger partial charge on any atom is 0.275 e. The number of hydrogen-bond acceptors (Lipinski definition) is 6. The summed E-state index contributed by atoms with van der Waals surface area (Å²) in [5, 5.41) is 7.10. The molecule has 2 aliphatic rings. The van der Waals surface area contributed by atoms with Crippen molar-refractivity contribution in [2.75, 3.05) is 18.4 Å². The maximum absolute atomic E-state index is 13.0. The number of amides is 3. The van der Waals surface area contributed by atoms with Crippen LogP contribution in [0, 0.1) is 16.7 Å². The van der Waals surface area contributed by atoms with Crippen molar-refractivity contribution < 1.29 is 14.4 Å². The molecular weight excluding hydrogens is 432 g/mol. The molecule has 3 N–H and O–H groups in total. The number of aromatic nitrogens is 1. The lowest BCUT2D eigenvalue weighted by Crippen LogP contribution is -2.39. The van der Waals surface area contributed by atoms with Crippen molar-refractivity contribution in [3.8, 4) is 0 Å². The van der Waals surface area contributed by atoms with Crippen LogP contribution >= 0.6 is 22.7 Å². The van der Waals surface area contributed by atoms with Gasteiger partial charge in [0.25, 0.3) is 11.8 Å². The Morgan fingerprint density at radius 1 is 1.13 bits per heavy atom. The molecule has 0 radical (unpaired) electrons. The molecule has 1 saturated carbocycles. The Morgan fingerprint density at radius 3 is 2.35 bits per heavy atom. The lowest BCUT2D eigenvalue weighted by atomic mass is 9.96. The number of nitrogens with zero attached hydrogens (tertiary/aromatic N) is 2. The Labute approximate surface area is 190 Å². The molecule has 2 aromatic heterocycles. The maximum atomic E-state index is 13.0. The smallest absolute Gasteiger partial charge is 0.275 e. The molecule has 1 saturated heterocycles. The zero-order chi connectivity index (χ0) is 22.6. The van der Waals surface area contributed by atoms with Gasteiger partial charge in [0.15, 0.2) is 0 Å². The molecule has 7 nitrogen and oxygen atoms in total. The van der Waals surface area contributed by atoms with Gasteiger partial charge in [0, 0.05) is 30.3 Å². The third-order valence-corrected chi connectivity index (χ3v) is 9.25. The normalized spacial score (nSPS) is 20.5. The molecule has 4 rings (SSSR count). The largest absolute Gasteiger partial charge is 0.365 e. The molecule has 2 aromatic rings. The Hall–Kier alpha value is -2.26. The second-order valence-electron chi connectivity index (χ2n) is 9.53. The minimum absolute atomic E-state index is 0.0509. The van der Waals surface area contributed by atoms with Crippen molar-refractivity contribution >= 4 is 46.1 Å². The van der Waals surface area contributed by atoms with Gasteiger partial charge in [-0.15, -0.1) is 22.7 Å². The van der Waals surface area contributed by atoms with Gasteiger partial charge < -0.3 is 16.0 Å². The number of piperidine rings is 1. The molecule has 2 fully saturated rings. The number of hydrogen-bond donors (Lipinski definition) is 2. The highest BCUT2D eigenvalue weighted by molar-refractivity contribution is 7.12. The van der Waals surface area contributed by atoms with E-state index in [-0.39, 0.29) is 34.5 Å². The van der Waals surface area contributed by atoms with Crippen LogP contribution in [0.15, 0.2) is 16.8 Å². The summed E-state index contributed by atoms with van der Waals surface area (Å²) < 4.78 is 0. The number of carbonyl (C=O) groups excluding carboxylic acids is 3. The van der Waals surface area contributed by atoms with E-state index in [9.17, 15) is 14.4 Å². The number of thiazole rings is 1. The minimum Gasteiger partial charge on any atom is -0.365 e. The van der Waals surface area contributed by atoms with E-state index in [4.69, 9.17) is 5.73 Å². The fourth-order valence-electron chi connectivity index (χ4n) is 4.71. The summed E-state index contributed by atoms with van der Waals surface area (Å²) >= 11 is 2.66. The molecule has 9 heteroatoms. The number of nitrogens with one attached hydrogen (secondary N) is 1. The van der Waals surface area contributed by atoms with E-state index in [0.717, 1.165) is 30.9 Å². The summed E-state index contributed by atoms with van der Waals surface area (Å²) in [5.74, 6) is -0.307. The van der Waals surface area contributed by atoms with Crippen LogP contribution in [0.4, 0.5) is 5.69 Å². The first-order valence-corrected chi connectivity index (χ1v) is 12.2. The average Bonchev–Trinajstić information content (AvgIpc) is 3.21. The molecule has 0 spiro atoms.